The summed E-state index contributed by atoms with van der Waals surface area (Å²) in [6, 6.07) is 27.0. The van der Waals surface area contributed by atoms with E-state index >= 15 is 0 Å². The molecule has 0 fully saturated rings. The Morgan fingerprint density at radius 2 is 1.53 bits per heavy atom. The van der Waals surface area contributed by atoms with Crippen LogP contribution in [0.4, 0.5) is 5.69 Å². The van der Waals surface area contributed by atoms with Gasteiger partial charge in [-0.2, -0.15) is 5.10 Å². The van der Waals surface area contributed by atoms with E-state index in [-0.39, 0.29) is 12.3 Å². The van der Waals surface area contributed by atoms with Crippen LogP contribution in [0.25, 0.3) is 0 Å². The van der Waals surface area contributed by atoms with Crippen LogP contribution in [-0.4, -0.2) is 22.2 Å². The van der Waals surface area contributed by atoms with Crippen molar-refractivity contribution in [3.8, 4) is 5.75 Å². The van der Waals surface area contributed by atoms with Gasteiger partial charge in [-0.1, -0.05) is 72.8 Å². The molecule has 0 atom stereocenters. The molecule has 192 valence electrons. The van der Waals surface area contributed by atoms with Gasteiger partial charge in [-0.3, -0.25) is 14.9 Å². The maximum atomic E-state index is 13.2. The molecule has 4 aromatic carbocycles. The number of nitro benzene ring substituents is 1. The first kappa shape index (κ1) is 27.2. The van der Waals surface area contributed by atoms with Gasteiger partial charge in [0.05, 0.1) is 20.1 Å². The molecule has 0 radical (unpaired) electrons. The summed E-state index contributed by atoms with van der Waals surface area (Å²) in [4.78, 5) is 23.7. The molecule has 0 heterocycles. The van der Waals surface area contributed by atoms with Crippen molar-refractivity contribution < 1.29 is 19.6 Å². The average Bonchev–Trinajstić information content (AvgIpc) is 2.93. The van der Waals surface area contributed by atoms with E-state index in [9.17, 15) is 20.0 Å². The lowest BCUT2D eigenvalue weighted by molar-refractivity contribution is -0.384. The van der Waals surface area contributed by atoms with Crippen molar-refractivity contribution in [3.05, 3.63) is 138 Å². The third-order valence-corrected chi connectivity index (χ3v) is 6.79. The van der Waals surface area contributed by atoms with E-state index in [1.165, 1.54) is 18.3 Å². The number of carbonyl (C=O) groups is 1. The van der Waals surface area contributed by atoms with Crippen molar-refractivity contribution >= 4 is 49.7 Å². The van der Waals surface area contributed by atoms with Gasteiger partial charge >= 0.3 is 0 Å². The van der Waals surface area contributed by atoms with E-state index in [1.807, 2.05) is 0 Å². The number of nitrogens with zero attached hydrogens (tertiary/aromatic N) is 2. The molecule has 0 saturated heterocycles. The topological polar surface area (TPSA) is 114 Å². The average molecular weight is 639 g/mol. The maximum absolute atomic E-state index is 13.2. The van der Waals surface area contributed by atoms with Crippen LogP contribution < -0.4 is 10.2 Å². The van der Waals surface area contributed by atoms with E-state index in [0.29, 0.717) is 36.9 Å². The lowest BCUT2D eigenvalue weighted by Gasteiger charge is -2.27. The summed E-state index contributed by atoms with van der Waals surface area (Å²) in [6.45, 7) is 0.125. The second kappa shape index (κ2) is 12.1. The monoisotopic (exact) mass is 637 g/mol. The van der Waals surface area contributed by atoms with Crippen LogP contribution in [0.3, 0.4) is 0 Å². The maximum Gasteiger partial charge on any atom is 0.281 e. The number of rotatable bonds is 9. The molecule has 4 aromatic rings. The predicted molar refractivity (Wildman–Crippen MR) is 151 cm³/mol. The van der Waals surface area contributed by atoms with Crippen LogP contribution in [0.15, 0.2) is 111 Å². The minimum Gasteiger partial charge on any atom is -0.487 e. The zero-order chi connectivity index (χ0) is 27.1. The number of hydrazone groups is 1. The van der Waals surface area contributed by atoms with Gasteiger partial charge in [0.1, 0.15) is 12.4 Å². The number of nitrogens with one attached hydrogen (secondary N) is 1. The number of halogens is 2. The summed E-state index contributed by atoms with van der Waals surface area (Å²) >= 11 is 6.94. The quantitative estimate of drug-likeness (QED) is 0.131. The van der Waals surface area contributed by atoms with Crippen LogP contribution in [-0.2, 0) is 17.0 Å². The SMILES string of the molecule is O=C(N/N=C/c1cc(Br)c(OCc2cccc([N+](=O)[O-])c2)c(Br)c1)C(O)(c1ccccc1)c1ccccc1. The molecule has 4 rings (SSSR count). The summed E-state index contributed by atoms with van der Waals surface area (Å²) < 4.78 is 7.08. The van der Waals surface area contributed by atoms with Gasteiger partial charge in [0, 0.05) is 12.1 Å². The minimum absolute atomic E-state index is 0.00994. The van der Waals surface area contributed by atoms with E-state index in [1.54, 1.807) is 84.9 Å². The van der Waals surface area contributed by atoms with Gasteiger partial charge in [-0.05, 0) is 66.2 Å². The van der Waals surface area contributed by atoms with Gasteiger partial charge in [-0.25, -0.2) is 5.43 Å². The Labute approximate surface area is 235 Å². The van der Waals surface area contributed by atoms with E-state index in [4.69, 9.17) is 4.74 Å². The molecule has 2 N–H and O–H groups in total. The second-order valence-electron chi connectivity index (χ2n) is 8.17. The van der Waals surface area contributed by atoms with Crippen LogP contribution >= 0.6 is 31.9 Å². The van der Waals surface area contributed by atoms with Gasteiger partial charge in [0.25, 0.3) is 11.6 Å². The lowest BCUT2D eigenvalue weighted by atomic mass is 9.85. The summed E-state index contributed by atoms with van der Waals surface area (Å²) in [5, 5.41) is 26.5. The first-order valence-corrected chi connectivity index (χ1v) is 12.9. The third-order valence-electron chi connectivity index (χ3n) is 5.62. The number of nitro groups is 1. The Hall–Kier alpha value is -3.86. The standard InChI is InChI=1S/C28H21Br2N3O5/c29-24-15-20(16-25(30)26(24)38-18-19-8-7-13-23(14-19)33(36)37)17-31-32-27(34)28(35,21-9-3-1-4-10-21)22-11-5-2-6-12-22/h1-17,35H,18H2,(H,32,34)/b31-17+. The van der Waals surface area contributed by atoms with Crippen LogP contribution in [0.5, 0.6) is 5.75 Å². The van der Waals surface area contributed by atoms with E-state index in [2.05, 4.69) is 42.4 Å². The van der Waals surface area contributed by atoms with E-state index < -0.39 is 16.4 Å². The lowest BCUT2D eigenvalue weighted by Crippen LogP contribution is -2.43. The van der Waals surface area contributed by atoms with Crippen molar-refractivity contribution in [2.75, 3.05) is 0 Å². The molecule has 0 aromatic heterocycles. The van der Waals surface area contributed by atoms with Crippen LogP contribution in [0, 0.1) is 10.1 Å². The van der Waals surface area contributed by atoms with E-state index in [0.717, 1.165) is 0 Å². The highest BCUT2D eigenvalue weighted by atomic mass is 79.9. The number of amides is 1. The number of ether oxygens (including phenoxy) is 1. The van der Waals surface area contributed by atoms with Crippen molar-refractivity contribution in [3.63, 3.8) is 0 Å². The number of benzene rings is 4. The smallest absolute Gasteiger partial charge is 0.281 e. The van der Waals surface area contributed by atoms with Crippen LogP contribution in [0.1, 0.15) is 22.3 Å². The summed E-state index contributed by atoms with van der Waals surface area (Å²) in [5.41, 5.74) is 2.60. The van der Waals surface area contributed by atoms with Gasteiger partial charge in [0.2, 0.25) is 0 Å². The Morgan fingerprint density at radius 1 is 0.947 bits per heavy atom. The molecule has 8 nitrogen and oxygen atoms in total. The molecule has 38 heavy (non-hydrogen) atoms. The summed E-state index contributed by atoms with van der Waals surface area (Å²) in [6.07, 6.45) is 1.44. The highest BCUT2D eigenvalue weighted by Crippen LogP contribution is 2.35. The van der Waals surface area contributed by atoms with Crippen molar-refractivity contribution in [2.24, 2.45) is 5.10 Å². The van der Waals surface area contributed by atoms with Crippen LogP contribution in [0.2, 0.25) is 0 Å². The number of hydrogen-bond acceptors (Lipinski definition) is 6. The number of non-ortho nitro benzene ring substituents is 1. The molecule has 0 unspecified atom stereocenters. The highest BCUT2D eigenvalue weighted by Gasteiger charge is 2.39. The largest absolute Gasteiger partial charge is 0.487 e. The molecule has 0 aliphatic heterocycles. The molecule has 1 amide bonds. The highest BCUT2D eigenvalue weighted by molar-refractivity contribution is 9.11. The van der Waals surface area contributed by atoms with Gasteiger partial charge in [-0.15, -0.1) is 0 Å². The number of carbonyl (C=O) groups excluding carboxylic acids is 1. The summed E-state index contributed by atoms with van der Waals surface area (Å²) in [7, 11) is 0. The molecule has 10 heteroatoms. The van der Waals surface area contributed by atoms with Gasteiger partial charge < -0.3 is 9.84 Å². The normalized spacial score (nSPS) is 11.3. The number of hydrogen-bond donors (Lipinski definition) is 2. The fraction of sp³-hybridized carbons (Fsp3) is 0.0714. The first-order valence-electron chi connectivity index (χ1n) is 11.3. The molecular formula is C28H21Br2N3O5. The van der Waals surface area contributed by atoms with Crippen molar-refractivity contribution in [1.82, 2.24) is 5.43 Å². The zero-order valence-corrected chi connectivity index (χ0v) is 22.9. The predicted octanol–water partition coefficient (Wildman–Crippen LogP) is 6.09. The minimum atomic E-state index is -1.94. The zero-order valence-electron chi connectivity index (χ0n) is 19.8. The number of aliphatic hydroxyl groups is 1. The fourth-order valence-electron chi connectivity index (χ4n) is 3.74. The Morgan fingerprint density at radius 3 is 2.08 bits per heavy atom. The van der Waals surface area contributed by atoms with Crippen molar-refractivity contribution in [1.29, 1.82) is 0 Å². The Balaban J connectivity index is 1.48. The Bertz CT molecular complexity index is 1420. The fourth-order valence-corrected chi connectivity index (χ4v) is 5.19. The first-order chi connectivity index (χ1) is 18.3. The molecule has 0 saturated carbocycles. The van der Waals surface area contributed by atoms with Crippen molar-refractivity contribution in [2.45, 2.75) is 12.2 Å². The Kier molecular flexibility index (Phi) is 8.67. The second-order valence-corrected chi connectivity index (χ2v) is 9.88. The third kappa shape index (κ3) is 6.16. The molecule has 0 spiro atoms. The summed E-state index contributed by atoms with van der Waals surface area (Å²) in [5.74, 6) is -0.207. The molecule has 0 bridgehead atoms. The molecular weight excluding hydrogens is 618 g/mol. The van der Waals surface area contributed by atoms with Gasteiger partial charge in [0.15, 0.2) is 5.60 Å². The molecule has 0 aliphatic carbocycles. The molecule has 0 aliphatic rings.